The SMILES string of the molecule is COC(C)O[Si]([O])(OC(C)OC)OC(C)OC. The summed E-state index contributed by atoms with van der Waals surface area (Å²) >= 11 is 0. The van der Waals surface area contributed by atoms with Crippen molar-refractivity contribution in [3.63, 3.8) is 0 Å². The van der Waals surface area contributed by atoms with Crippen LogP contribution in [0, 0.1) is 0 Å². The summed E-state index contributed by atoms with van der Waals surface area (Å²) in [5, 5.41) is 0. The lowest BCUT2D eigenvalue weighted by atomic mass is 10.8. The molecule has 1 radical (unpaired) electrons. The largest absolute Gasteiger partial charge is 0.713 e. The molecule has 8 heteroatoms. The van der Waals surface area contributed by atoms with E-state index in [1.807, 2.05) is 0 Å². The van der Waals surface area contributed by atoms with Crippen molar-refractivity contribution in [1.82, 2.24) is 0 Å². The molecular weight excluding hydrogens is 248 g/mol. The Balaban J connectivity index is 4.55. The lowest BCUT2D eigenvalue weighted by Crippen LogP contribution is -2.51. The highest BCUT2D eigenvalue weighted by Gasteiger charge is 2.49. The maximum atomic E-state index is 12.2. The maximum absolute atomic E-state index is 12.2. The van der Waals surface area contributed by atoms with Crippen LogP contribution in [0.25, 0.3) is 0 Å². The second-order valence-corrected chi connectivity index (χ2v) is 4.97. The van der Waals surface area contributed by atoms with Gasteiger partial charge in [-0.15, -0.1) is 0 Å². The Morgan fingerprint density at radius 3 is 1.12 bits per heavy atom. The van der Waals surface area contributed by atoms with Gasteiger partial charge in [-0.25, -0.2) is 4.80 Å². The Bertz CT molecular complexity index is 172. The van der Waals surface area contributed by atoms with Gasteiger partial charge in [-0.05, 0) is 20.8 Å². The third-order valence-electron chi connectivity index (χ3n) is 1.93. The van der Waals surface area contributed by atoms with E-state index < -0.39 is 27.9 Å². The van der Waals surface area contributed by atoms with Crippen molar-refractivity contribution < 1.29 is 32.3 Å². The standard InChI is InChI=1S/C9H21O7Si/c1-7(11-4)14-17(10,15-8(2)12-5)16-9(3)13-6/h7-9H,1-6H3. The number of hydrogen-bond acceptors (Lipinski definition) is 6. The van der Waals surface area contributed by atoms with Gasteiger partial charge >= 0.3 is 9.05 Å². The quantitative estimate of drug-likeness (QED) is 0.457. The molecule has 0 spiro atoms. The van der Waals surface area contributed by atoms with Crippen molar-refractivity contribution in [2.45, 2.75) is 39.6 Å². The van der Waals surface area contributed by atoms with Crippen LogP contribution in [0.4, 0.5) is 0 Å². The van der Waals surface area contributed by atoms with Crippen LogP contribution in [0.3, 0.4) is 0 Å². The van der Waals surface area contributed by atoms with Crippen LogP contribution in [-0.2, 0) is 32.3 Å². The number of rotatable bonds is 9. The second-order valence-electron chi connectivity index (χ2n) is 3.26. The molecule has 0 aliphatic rings. The zero-order valence-corrected chi connectivity index (χ0v) is 12.1. The molecule has 3 atom stereocenters. The van der Waals surface area contributed by atoms with E-state index in [0.29, 0.717) is 0 Å². The molecule has 0 aromatic carbocycles. The topological polar surface area (TPSA) is 75.3 Å². The minimum Gasteiger partial charge on any atom is -0.357 e. The molecule has 0 fully saturated rings. The van der Waals surface area contributed by atoms with Gasteiger partial charge in [-0.1, -0.05) is 0 Å². The average Bonchev–Trinajstić information content (AvgIpc) is 2.27. The Morgan fingerprint density at radius 1 is 0.706 bits per heavy atom. The fraction of sp³-hybridized carbons (Fsp3) is 1.00. The first-order chi connectivity index (χ1) is 7.86. The number of methoxy groups -OCH3 is 3. The highest BCUT2D eigenvalue weighted by atomic mass is 28.4. The van der Waals surface area contributed by atoms with Crippen molar-refractivity contribution >= 4 is 9.05 Å². The van der Waals surface area contributed by atoms with E-state index in [0.717, 1.165) is 0 Å². The van der Waals surface area contributed by atoms with Crippen LogP contribution >= 0.6 is 0 Å². The lowest BCUT2D eigenvalue weighted by Gasteiger charge is -2.28. The van der Waals surface area contributed by atoms with Crippen LogP contribution in [0.5, 0.6) is 0 Å². The predicted molar refractivity (Wildman–Crippen MR) is 59.1 cm³/mol. The van der Waals surface area contributed by atoms with Crippen LogP contribution < -0.4 is 0 Å². The summed E-state index contributed by atoms with van der Waals surface area (Å²) in [6.07, 6.45) is -2.19. The Labute approximate surface area is 103 Å². The van der Waals surface area contributed by atoms with Gasteiger partial charge in [-0.3, -0.25) is 0 Å². The van der Waals surface area contributed by atoms with Gasteiger partial charge in [0.05, 0.1) is 0 Å². The summed E-state index contributed by atoms with van der Waals surface area (Å²) in [5.74, 6) is 0. The Kier molecular flexibility index (Phi) is 8.08. The summed E-state index contributed by atoms with van der Waals surface area (Å²) in [5.41, 5.74) is 0. The fourth-order valence-electron chi connectivity index (χ4n) is 0.837. The fourth-order valence-corrected chi connectivity index (χ4v) is 2.51. The van der Waals surface area contributed by atoms with Crippen LogP contribution in [0.1, 0.15) is 20.8 Å². The Morgan fingerprint density at radius 2 is 0.941 bits per heavy atom. The predicted octanol–water partition coefficient (Wildman–Crippen LogP) is 0.879. The first-order valence-electron chi connectivity index (χ1n) is 5.19. The molecule has 0 saturated heterocycles. The van der Waals surface area contributed by atoms with Crippen LogP contribution in [0.15, 0.2) is 0 Å². The molecule has 0 aliphatic carbocycles. The van der Waals surface area contributed by atoms with E-state index in [2.05, 4.69) is 0 Å². The van der Waals surface area contributed by atoms with Crippen LogP contribution in [0.2, 0.25) is 0 Å². The van der Waals surface area contributed by atoms with Crippen molar-refractivity contribution in [3.8, 4) is 0 Å². The summed E-state index contributed by atoms with van der Waals surface area (Å²) in [7, 11) is 0.120. The third kappa shape index (κ3) is 7.06. The van der Waals surface area contributed by atoms with E-state index >= 15 is 0 Å². The minimum absolute atomic E-state index is 0.729. The zero-order chi connectivity index (χ0) is 13.5. The van der Waals surface area contributed by atoms with Gasteiger partial charge in [0, 0.05) is 21.3 Å². The highest BCUT2D eigenvalue weighted by molar-refractivity contribution is 6.51. The summed E-state index contributed by atoms with van der Waals surface area (Å²) in [4.78, 5) is 12.2. The zero-order valence-electron chi connectivity index (χ0n) is 11.1. The van der Waals surface area contributed by atoms with E-state index in [1.165, 1.54) is 21.3 Å². The molecule has 0 bridgehead atoms. The monoisotopic (exact) mass is 269 g/mol. The van der Waals surface area contributed by atoms with E-state index in [1.54, 1.807) is 20.8 Å². The molecule has 0 amide bonds. The molecule has 3 unspecified atom stereocenters. The molecular formula is C9H21O7Si. The van der Waals surface area contributed by atoms with E-state index in [-0.39, 0.29) is 0 Å². The summed E-state index contributed by atoms with van der Waals surface area (Å²) in [6.45, 7) is 4.71. The third-order valence-corrected chi connectivity index (χ3v) is 3.79. The number of hydrogen-bond donors (Lipinski definition) is 0. The summed E-state index contributed by atoms with van der Waals surface area (Å²) < 4.78 is 29.8. The van der Waals surface area contributed by atoms with Crippen molar-refractivity contribution in [3.05, 3.63) is 0 Å². The molecule has 7 nitrogen and oxygen atoms in total. The smallest absolute Gasteiger partial charge is 0.357 e. The van der Waals surface area contributed by atoms with E-state index in [9.17, 15) is 4.80 Å². The summed E-state index contributed by atoms with van der Waals surface area (Å²) in [6, 6.07) is 0. The normalized spacial score (nSPS) is 20.6. The van der Waals surface area contributed by atoms with Crippen molar-refractivity contribution in [1.29, 1.82) is 0 Å². The van der Waals surface area contributed by atoms with Gasteiger partial charge < -0.3 is 27.5 Å². The Hall–Kier alpha value is -0.0631. The second kappa shape index (κ2) is 8.11. The molecule has 103 valence electrons. The van der Waals surface area contributed by atoms with Gasteiger partial charge in [0.2, 0.25) is 0 Å². The van der Waals surface area contributed by atoms with Gasteiger partial charge in [0.1, 0.15) is 0 Å². The average molecular weight is 269 g/mol. The highest BCUT2D eigenvalue weighted by Crippen LogP contribution is 2.15. The minimum atomic E-state index is -4.13. The molecule has 0 N–H and O–H groups in total. The molecule has 0 heterocycles. The maximum Gasteiger partial charge on any atom is 0.713 e. The van der Waals surface area contributed by atoms with E-state index in [4.69, 9.17) is 27.5 Å². The molecule has 0 saturated carbocycles. The molecule has 0 aromatic rings. The molecule has 0 aliphatic heterocycles. The van der Waals surface area contributed by atoms with Gasteiger partial charge in [-0.2, -0.15) is 0 Å². The molecule has 0 aromatic heterocycles. The lowest BCUT2D eigenvalue weighted by molar-refractivity contribution is -0.198. The van der Waals surface area contributed by atoms with Gasteiger partial charge in [0.15, 0.2) is 18.9 Å². The van der Waals surface area contributed by atoms with Crippen LogP contribution in [-0.4, -0.2) is 49.2 Å². The first kappa shape index (κ1) is 16.9. The first-order valence-corrected chi connectivity index (χ1v) is 6.82. The van der Waals surface area contributed by atoms with Crippen molar-refractivity contribution in [2.24, 2.45) is 0 Å². The molecule has 17 heavy (non-hydrogen) atoms. The van der Waals surface area contributed by atoms with Crippen molar-refractivity contribution in [2.75, 3.05) is 21.3 Å². The molecule has 0 rings (SSSR count). The van der Waals surface area contributed by atoms with Gasteiger partial charge in [0.25, 0.3) is 0 Å². The number of ether oxygens (including phenoxy) is 3.